The summed E-state index contributed by atoms with van der Waals surface area (Å²) < 4.78 is 28.6. The van der Waals surface area contributed by atoms with Gasteiger partial charge in [0, 0.05) is 19.8 Å². The lowest BCUT2D eigenvalue weighted by atomic mass is 9.95. The summed E-state index contributed by atoms with van der Waals surface area (Å²) in [5.74, 6) is -2.16. The molecule has 9 nitrogen and oxygen atoms in total. The van der Waals surface area contributed by atoms with Crippen LogP contribution < -0.4 is 5.32 Å². The molecule has 2 saturated heterocycles. The Morgan fingerprint density at radius 1 is 1.07 bits per heavy atom. The number of ether oxygens (including phenoxy) is 5. The summed E-state index contributed by atoms with van der Waals surface area (Å²) in [6, 6.07) is -0.894. The highest BCUT2D eigenvalue weighted by Crippen LogP contribution is 2.34. The lowest BCUT2D eigenvalue weighted by Gasteiger charge is -2.50. The van der Waals surface area contributed by atoms with Crippen molar-refractivity contribution in [2.45, 2.75) is 96.7 Å². The minimum atomic E-state index is -1.11. The molecule has 1 N–H and O–H groups in total. The molecule has 0 aromatic rings. The second-order valence-corrected chi connectivity index (χ2v) is 7.51. The van der Waals surface area contributed by atoms with Gasteiger partial charge in [-0.25, -0.2) is 0 Å². The average Bonchev–Trinajstić information content (AvgIpc) is 2.58. The number of carbonyl (C=O) groups excluding carboxylic acids is 3. The lowest BCUT2D eigenvalue weighted by Crippen LogP contribution is -2.69. The van der Waals surface area contributed by atoms with Crippen molar-refractivity contribution in [1.29, 1.82) is 0 Å². The van der Waals surface area contributed by atoms with Crippen LogP contribution in [-0.4, -0.2) is 60.9 Å². The summed E-state index contributed by atoms with van der Waals surface area (Å²) in [5, 5.41) is 2.70. The smallest absolute Gasteiger partial charge is 0.308 e. The molecule has 0 aliphatic carbocycles. The Balaban J connectivity index is 2.31. The van der Waals surface area contributed by atoms with Crippen LogP contribution in [0.25, 0.3) is 0 Å². The standard InChI is InChI=1S/C19H31NO8/c1-6-8-13(22)26-17-15(20-11(3)21)18(27-14(23)9-7-2)25-12-10-24-19(4,5)28-16(12)17/h12,15-18H,6-10H2,1-5H3,(H,20,21)/t12?,15?,16-,17-,18+/m1/s1. The number of fused-ring (bicyclic) bond motifs is 1. The summed E-state index contributed by atoms with van der Waals surface area (Å²) in [7, 11) is 0. The van der Waals surface area contributed by atoms with Crippen LogP contribution >= 0.6 is 0 Å². The summed E-state index contributed by atoms with van der Waals surface area (Å²) in [6.07, 6.45) is -1.63. The third kappa shape index (κ3) is 5.89. The van der Waals surface area contributed by atoms with Gasteiger partial charge in [-0.05, 0) is 26.7 Å². The van der Waals surface area contributed by atoms with Crippen molar-refractivity contribution in [2.24, 2.45) is 0 Å². The van der Waals surface area contributed by atoms with Crippen LogP contribution in [0.15, 0.2) is 0 Å². The van der Waals surface area contributed by atoms with Crippen LogP contribution in [0.1, 0.15) is 60.3 Å². The van der Waals surface area contributed by atoms with Crippen LogP contribution in [0, 0.1) is 0 Å². The highest BCUT2D eigenvalue weighted by molar-refractivity contribution is 5.74. The number of rotatable bonds is 7. The van der Waals surface area contributed by atoms with E-state index in [1.54, 1.807) is 13.8 Å². The van der Waals surface area contributed by atoms with Crippen molar-refractivity contribution in [3.05, 3.63) is 0 Å². The molecule has 0 aromatic carbocycles. The predicted molar refractivity (Wildman–Crippen MR) is 97.0 cm³/mol. The van der Waals surface area contributed by atoms with Crippen LogP contribution in [-0.2, 0) is 38.1 Å². The molecule has 28 heavy (non-hydrogen) atoms. The molecule has 2 aliphatic rings. The van der Waals surface area contributed by atoms with Crippen molar-refractivity contribution in [3.63, 3.8) is 0 Å². The monoisotopic (exact) mass is 401 g/mol. The fraction of sp³-hybridized carbons (Fsp3) is 0.842. The van der Waals surface area contributed by atoms with Gasteiger partial charge in [0.25, 0.3) is 0 Å². The SMILES string of the molecule is CCCC(=O)O[C@@H]1OC2COC(C)(C)O[C@H]2[C@H](OC(=O)CCC)C1NC(C)=O. The number of amides is 1. The van der Waals surface area contributed by atoms with Gasteiger partial charge in [0.05, 0.1) is 6.61 Å². The first-order valence-electron chi connectivity index (χ1n) is 9.80. The van der Waals surface area contributed by atoms with E-state index in [-0.39, 0.29) is 25.4 Å². The van der Waals surface area contributed by atoms with E-state index in [2.05, 4.69) is 5.32 Å². The molecule has 5 atom stereocenters. The van der Waals surface area contributed by atoms with Gasteiger partial charge >= 0.3 is 11.9 Å². The average molecular weight is 401 g/mol. The van der Waals surface area contributed by atoms with Gasteiger partial charge < -0.3 is 29.0 Å². The summed E-state index contributed by atoms with van der Waals surface area (Å²) in [4.78, 5) is 36.1. The second kappa shape index (κ2) is 9.67. The van der Waals surface area contributed by atoms with Crippen molar-refractivity contribution >= 4 is 17.8 Å². The molecule has 2 unspecified atom stereocenters. The van der Waals surface area contributed by atoms with E-state index < -0.39 is 48.4 Å². The Morgan fingerprint density at radius 3 is 2.25 bits per heavy atom. The Hall–Kier alpha value is -1.71. The van der Waals surface area contributed by atoms with Crippen molar-refractivity contribution in [3.8, 4) is 0 Å². The van der Waals surface area contributed by atoms with Crippen molar-refractivity contribution < 1.29 is 38.1 Å². The van der Waals surface area contributed by atoms with Gasteiger partial charge in [-0.15, -0.1) is 0 Å². The summed E-state index contributed by atoms with van der Waals surface area (Å²) in [5.41, 5.74) is 0. The highest BCUT2D eigenvalue weighted by Gasteiger charge is 2.54. The van der Waals surface area contributed by atoms with Crippen LogP contribution in [0.4, 0.5) is 0 Å². The van der Waals surface area contributed by atoms with E-state index in [4.69, 9.17) is 23.7 Å². The predicted octanol–water partition coefficient (Wildman–Crippen LogP) is 1.42. The van der Waals surface area contributed by atoms with E-state index in [1.807, 2.05) is 13.8 Å². The van der Waals surface area contributed by atoms with Gasteiger partial charge in [0.1, 0.15) is 18.2 Å². The third-order valence-corrected chi connectivity index (χ3v) is 4.45. The Kier molecular flexibility index (Phi) is 7.79. The van der Waals surface area contributed by atoms with Crippen molar-refractivity contribution in [2.75, 3.05) is 6.61 Å². The molecule has 2 aliphatic heterocycles. The molecule has 0 spiro atoms. The fourth-order valence-corrected chi connectivity index (χ4v) is 3.26. The van der Waals surface area contributed by atoms with Gasteiger partial charge in [-0.1, -0.05) is 13.8 Å². The molecule has 160 valence electrons. The largest absolute Gasteiger partial charge is 0.457 e. The first kappa shape index (κ1) is 22.6. The Morgan fingerprint density at radius 2 is 1.68 bits per heavy atom. The first-order valence-corrected chi connectivity index (χ1v) is 9.80. The molecule has 0 radical (unpaired) electrons. The molecular formula is C19H31NO8. The molecule has 9 heteroatoms. The van der Waals surface area contributed by atoms with Crippen LogP contribution in [0.2, 0.25) is 0 Å². The maximum absolute atomic E-state index is 12.2. The molecule has 2 rings (SSSR count). The molecule has 0 aromatic heterocycles. The van der Waals surface area contributed by atoms with Crippen LogP contribution in [0.3, 0.4) is 0 Å². The van der Waals surface area contributed by atoms with E-state index in [1.165, 1.54) is 6.92 Å². The topological polar surface area (TPSA) is 109 Å². The zero-order chi connectivity index (χ0) is 20.9. The molecular weight excluding hydrogens is 370 g/mol. The Labute approximate surface area is 165 Å². The maximum Gasteiger partial charge on any atom is 0.308 e. The van der Waals surface area contributed by atoms with Gasteiger partial charge in [0.15, 0.2) is 11.9 Å². The number of hydrogen-bond acceptors (Lipinski definition) is 8. The Bertz CT molecular complexity index is 578. The minimum Gasteiger partial charge on any atom is -0.457 e. The van der Waals surface area contributed by atoms with E-state index in [0.29, 0.717) is 12.8 Å². The summed E-state index contributed by atoms with van der Waals surface area (Å²) in [6.45, 7) is 8.71. The highest BCUT2D eigenvalue weighted by atomic mass is 16.8. The molecule has 1 amide bonds. The van der Waals surface area contributed by atoms with E-state index >= 15 is 0 Å². The third-order valence-electron chi connectivity index (χ3n) is 4.45. The van der Waals surface area contributed by atoms with Crippen LogP contribution in [0.5, 0.6) is 0 Å². The lowest BCUT2D eigenvalue weighted by molar-refractivity contribution is -0.365. The quantitative estimate of drug-likeness (QED) is 0.638. The second-order valence-electron chi connectivity index (χ2n) is 7.51. The number of esters is 2. The van der Waals surface area contributed by atoms with Crippen molar-refractivity contribution in [1.82, 2.24) is 5.32 Å². The van der Waals surface area contributed by atoms with E-state index in [0.717, 1.165) is 0 Å². The number of hydrogen-bond donors (Lipinski definition) is 1. The zero-order valence-corrected chi connectivity index (χ0v) is 17.2. The number of nitrogens with one attached hydrogen (secondary N) is 1. The van der Waals surface area contributed by atoms with Gasteiger partial charge in [-0.3, -0.25) is 14.4 Å². The fourth-order valence-electron chi connectivity index (χ4n) is 3.26. The normalized spacial score (nSPS) is 31.4. The van der Waals surface area contributed by atoms with E-state index in [9.17, 15) is 14.4 Å². The van der Waals surface area contributed by atoms with Gasteiger partial charge in [0.2, 0.25) is 12.2 Å². The molecule has 0 saturated carbocycles. The molecule has 2 heterocycles. The van der Waals surface area contributed by atoms with Gasteiger partial charge in [-0.2, -0.15) is 0 Å². The molecule has 2 fully saturated rings. The zero-order valence-electron chi connectivity index (χ0n) is 17.2. The summed E-state index contributed by atoms with van der Waals surface area (Å²) >= 11 is 0. The first-order chi connectivity index (χ1) is 13.2. The number of carbonyl (C=O) groups is 3. The minimum absolute atomic E-state index is 0.175. The maximum atomic E-state index is 12.2. The molecule has 0 bridgehead atoms.